The van der Waals surface area contributed by atoms with E-state index in [2.05, 4.69) is 33.2 Å². The first kappa shape index (κ1) is 26.9. The summed E-state index contributed by atoms with van der Waals surface area (Å²) in [7, 11) is 0. The lowest BCUT2D eigenvalue weighted by Crippen LogP contribution is -2.03. The van der Waals surface area contributed by atoms with Gasteiger partial charge in [-0.25, -0.2) is 0 Å². The second-order valence-electron chi connectivity index (χ2n) is 4.06. The van der Waals surface area contributed by atoms with Crippen LogP contribution in [0.2, 0.25) is 0 Å². The number of allylic oxidation sites excluding steroid dienone is 4. The Morgan fingerprint density at radius 3 is 1.60 bits per heavy atom. The van der Waals surface area contributed by atoms with Crippen LogP contribution in [0.15, 0.2) is 49.2 Å². The van der Waals surface area contributed by atoms with Crippen LogP contribution in [0.4, 0.5) is 0 Å². The van der Waals surface area contributed by atoms with Crippen LogP contribution in [0.25, 0.3) is 0 Å². The van der Waals surface area contributed by atoms with Gasteiger partial charge in [0.05, 0.1) is 0 Å². The van der Waals surface area contributed by atoms with Crippen LogP contribution in [-0.2, 0) is 0 Å². The second-order valence-corrected chi connectivity index (χ2v) is 4.06. The first-order valence-electron chi connectivity index (χ1n) is 7.07. The van der Waals surface area contributed by atoms with Crippen molar-refractivity contribution in [1.82, 2.24) is 0 Å². The molecule has 0 bridgehead atoms. The molecule has 0 saturated heterocycles. The molecule has 0 heterocycles. The minimum atomic E-state index is 0.382. The molecule has 0 aromatic carbocycles. The molecule has 0 aliphatic heterocycles. The minimum Gasteiger partial charge on any atom is -0.402 e. The maximum absolute atomic E-state index is 7.23. The Morgan fingerprint density at radius 2 is 1.55 bits per heavy atom. The van der Waals surface area contributed by atoms with Gasteiger partial charge in [0.2, 0.25) is 0 Å². The maximum atomic E-state index is 7.23. The van der Waals surface area contributed by atoms with Crippen molar-refractivity contribution in [2.45, 2.75) is 54.9 Å². The van der Waals surface area contributed by atoms with E-state index in [-0.39, 0.29) is 0 Å². The lowest BCUT2D eigenvalue weighted by atomic mass is 10.0. The van der Waals surface area contributed by atoms with Crippen LogP contribution in [0.1, 0.15) is 54.9 Å². The summed E-state index contributed by atoms with van der Waals surface area (Å²) in [5, 5.41) is 7.23. The van der Waals surface area contributed by atoms with Gasteiger partial charge in [-0.1, -0.05) is 46.4 Å². The van der Waals surface area contributed by atoms with Crippen molar-refractivity contribution in [3.05, 3.63) is 49.2 Å². The fourth-order valence-electron chi connectivity index (χ4n) is 0.758. The molecule has 1 atom stereocenters. The smallest absolute Gasteiger partial charge is 0.0336 e. The molecule has 0 aromatic rings. The highest BCUT2D eigenvalue weighted by Gasteiger charge is 1.99. The molecule has 0 aromatic heterocycles. The third-order valence-corrected chi connectivity index (χ3v) is 2.59. The molecule has 0 aliphatic carbocycles. The SMILES string of the molecule is C=C.C=C(C)/C(C)=C(\C)N.C=CC(=N)C(C)CC.CC. The molecule has 2 heteroatoms. The van der Waals surface area contributed by atoms with Gasteiger partial charge < -0.3 is 11.1 Å². The summed E-state index contributed by atoms with van der Waals surface area (Å²) in [6.07, 6.45) is 2.64. The first-order valence-corrected chi connectivity index (χ1v) is 7.07. The largest absolute Gasteiger partial charge is 0.402 e. The lowest BCUT2D eigenvalue weighted by Gasteiger charge is -2.03. The number of nitrogens with two attached hydrogens (primary N) is 1. The summed E-state index contributed by atoms with van der Waals surface area (Å²) in [5.41, 5.74) is 9.11. The van der Waals surface area contributed by atoms with Crippen LogP contribution in [0.3, 0.4) is 0 Å². The molecule has 0 radical (unpaired) electrons. The fraction of sp³-hybridized carbons (Fsp3) is 0.500. The van der Waals surface area contributed by atoms with E-state index in [9.17, 15) is 0 Å². The van der Waals surface area contributed by atoms with E-state index in [4.69, 9.17) is 11.1 Å². The highest BCUT2D eigenvalue weighted by atomic mass is 14.6. The van der Waals surface area contributed by atoms with Gasteiger partial charge >= 0.3 is 0 Å². The van der Waals surface area contributed by atoms with Crippen molar-refractivity contribution in [3.8, 4) is 0 Å². The Balaban J connectivity index is -0.000000102. The summed E-state index contributed by atoms with van der Waals surface area (Å²) in [6.45, 7) is 27.1. The van der Waals surface area contributed by atoms with Gasteiger partial charge in [-0.3, -0.25) is 0 Å². The molecule has 0 aliphatic rings. The lowest BCUT2D eigenvalue weighted by molar-refractivity contribution is 0.739. The minimum absolute atomic E-state index is 0.382. The number of hydrogen-bond acceptors (Lipinski definition) is 2. The molecular formula is C18H36N2. The monoisotopic (exact) mass is 280 g/mol. The second kappa shape index (κ2) is 19.8. The van der Waals surface area contributed by atoms with E-state index in [0.717, 1.165) is 23.3 Å². The molecule has 0 amide bonds. The predicted octanol–water partition coefficient (Wildman–Crippen LogP) is 5.88. The Kier molecular flexibility index (Phi) is 26.6. The summed E-state index contributed by atoms with van der Waals surface area (Å²) in [4.78, 5) is 0. The third-order valence-electron chi connectivity index (χ3n) is 2.59. The van der Waals surface area contributed by atoms with Gasteiger partial charge in [0.1, 0.15) is 0 Å². The highest BCUT2D eigenvalue weighted by Crippen LogP contribution is 2.06. The molecule has 3 N–H and O–H groups in total. The van der Waals surface area contributed by atoms with Gasteiger partial charge in [-0.05, 0) is 44.8 Å². The molecule has 0 fully saturated rings. The van der Waals surface area contributed by atoms with Gasteiger partial charge in [0, 0.05) is 11.4 Å². The van der Waals surface area contributed by atoms with Gasteiger partial charge in [-0.2, -0.15) is 0 Å². The van der Waals surface area contributed by atoms with E-state index < -0.39 is 0 Å². The van der Waals surface area contributed by atoms with Crippen molar-refractivity contribution < 1.29 is 0 Å². The summed E-state index contributed by atoms with van der Waals surface area (Å²) in [5.74, 6) is 0.382. The first-order chi connectivity index (χ1) is 9.27. The topological polar surface area (TPSA) is 49.9 Å². The Labute approximate surface area is 127 Å². The van der Waals surface area contributed by atoms with Crippen molar-refractivity contribution in [2.75, 3.05) is 0 Å². The normalized spacial score (nSPS) is 10.8. The van der Waals surface area contributed by atoms with Crippen LogP contribution < -0.4 is 5.73 Å². The zero-order valence-electron chi connectivity index (χ0n) is 14.8. The molecule has 2 nitrogen and oxygen atoms in total. The van der Waals surface area contributed by atoms with Crippen molar-refractivity contribution in [3.63, 3.8) is 0 Å². The third kappa shape index (κ3) is 18.8. The van der Waals surface area contributed by atoms with Crippen molar-refractivity contribution in [2.24, 2.45) is 11.7 Å². The van der Waals surface area contributed by atoms with E-state index in [1.54, 1.807) is 6.08 Å². The molecule has 1 unspecified atom stereocenters. The average molecular weight is 280 g/mol. The van der Waals surface area contributed by atoms with E-state index in [1.165, 1.54) is 0 Å². The predicted molar refractivity (Wildman–Crippen MR) is 97.4 cm³/mol. The molecular weight excluding hydrogens is 244 g/mol. The maximum Gasteiger partial charge on any atom is 0.0336 e. The Hall–Kier alpha value is -1.57. The number of nitrogens with one attached hydrogen (secondary N) is 1. The van der Waals surface area contributed by atoms with Crippen molar-refractivity contribution in [1.29, 1.82) is 5.41 Å². The van der Waals surface area contributed by atoms with Crippen LogP contribution >= 0.6 is 0 Å². The van der Waals surface area contributed by atoms with E-state index in [1.807, 2.05) is 41.5 Å². The Bertz CT molecular complexity index is 295. The van der Waals surface area contributed by atoms with E-state index >= 15 is 0 Å². The quantitative estimate of drug-likeness (QED) is 0.377. The van der Waals surface area contributed by atoms with E-state index in [0.29, 0.717) is 11.6 Å². The zero-order chi connectivity index (χ0) is 17.3. The van der Waals surface area contributed by atoms with Gasteiger partial charge in [0.15, 0.2) is 0 Å². The van der Waals surface area contributed by atoms with Crippen LogP contribution in [0.5, 0.6) is 0 Å². The Morgan fingerprint density at radius 1 is 1.20 bits per heavy atom. The molecule has 0 saturated carbocycles. The molecule has 0 spiro atoms. The van der Waals surface area contributed by atoms with Crippen LogP contribution in [0, 0.1) is 11.3 Å². The van der Waals surface area contributed by atoms with Gasteiger partial charge in [-0.15, -0.1) is 13.2 Å². The van der Waals surface area contributed by atoms with Crippen LogP contribution in [-0.4, -0.2) is 5.71 Å². The number of rotatable bonds is 4. The summed E-state index contributed by atoms with van der Waals surface area (Å²) in [6, 6.07) is 0. The summed E-state index contributed by atoms with van der Waals surface area (Å²) < 4.78 is 0. The average Bonchev–Trinajstić information content (AvgIpc) is 2.49. The molecule has 0 rings (SSSR count). The number of hydrogen-bond donors (Lipinski definition) is 2. The summed E-state index contributed by atoms with van der Waals surface area (Å²) >= 11 is 0. The fourth-order valence-corrected chi connectivity index (χ4v) is 0.758. The molecule has 20 heavy (non-hydrogen) atoms. The standard InChI is InChI=1S/2C7H13N.C2H6.C2H4/c1-5(2)6(3)7(4)8;1-4-6(3)7(8)5-2;2*1-2/h1,8H2,2-4H3;5-6,8H,2,4H2,1,3H3;1-2H3;1-2H2/b7-6+;;;. The molecule has 118 valence electrons. The zero-order valence-corrected chi connectivity index (χ0v) is 14.8. The van der Waals surface area contributed by atoms with Gasteiger partial charge in [0.25, 0.3) is 0 Å². The van der Waals surface area contributed by atoms with Crippen molar-refractivity contribution >= 4 is 5.71 Å². The highest BCUT2D eigenvalue weighted by molar-refractivity contribution is 5.93.